The molecule has 8 nitrogen and oxygen atoms in total. The van der Waals surface area contributed by atoms with Crippen LogP contribution in [0.4, 0.5) is 0 Å². The van der Waals surface area contributed by atoms with Crippen LogP contribution in [-0.4, -0.2) is 56.7 Å². The summed E-state index contributed by atoms with van der Waals surface area (Å²) in [4.78, 5) is 43.2. The third-order valence-corrected chi connectivity index (χ3v) is 5.39. The molecule has 4 rings (SSSR count). The van der Waals surface area contributed by atoms with Crippen molar-refractivity contribution in [3.8, 4) is 0 Å². The Morgan fingerprint density at radius 2 is 2.04 bits per heavy atom. The summed E-state index contributed by atoms with van der Waals surface area (Å²) in [5, 5.41) is 9.72. The molecule has 0 saturated carbocycles. The lowest BCUT2D eigenvalue weighted by Gasteiger charge is -2.35. The standard InChI is InChI=1S/C20H23N3O5/c1-12-10-22(11-16(28-12)20(26)27)18(24)13-6-7-14-15(9-13)21-17-5-3-2-4-8-23(17)19(14)25/h6-7,9,12,16H,2-5,8,10-11H2,1H3,(H,26,27)/t12-,16?/m1/s1. The van der Waals surface area contributed by atoms with Gasteiger partial charge >= 0.3 is 5.97 Å². The zero-order valence-electron chi connectivity index (χ0n) is 15.8. The first-order valence-corrected chi connectivity index (χ1v) is 9.65. The molecule has 2 aliphatic heterocycles. The van der Waals surface area contributed by atoms with Crippen LogP contribution in [0.25, 0.3) is 10.9 Å². The van der Waals surface area contributed by atoms with Gasteiger partial charge in [0.05, 0.1) is 23.6 Å². The van der Waals surface area contributed by atoms with Crippen LogP contribution in [0, 0.1) is 0 Å². The fourth-order valence-electron chi connectivity index (χ4n) is 3.99. The average molecular weight is 385 g/mol. The number of fused-ring (bicyclic) bond motifs is 2. The van der Waals surface area contributed by atoms with Gasteiger partial charge in [-0.1, -0.05) is 6.42 Å². The molecule has 28 heavy (non-hydrogen) atoms. The van der Waals surface area contributed by atoms with E-state index in [2.05, 4.69) is 4.98 Å². The molecule has 1 N–H and O–H groups in total. The molecule has 0 aliphatic carbocycles. The van der Waals surface area contributed by atoms with E-state index in [1.807, 2.05) is 0 Å². The van der Waals surface area contributed by atoms with Gasteiger partial charge in [-0.15, -0.1) is 0 Å². The zero-order chi connectivity index (χ0) is 19.8. The SMILES string of the molecule is C[C@@H]1CN(C(=O)c2ccc3c(=O)n4c(nc3c2)CCCCC4)CC(C(=O)O)O1. The van der Waals surface area contributed by atoms with Crippen molar-refractivity contribution >= 4 is 22.8 Å². The lowest BCUT2D eigenvalue weighted by Crippen LogP contribution is -2.51. The molecule has 2 atom stereocenters. The first kappa shape index (κ1) is 18.6. The van der Waals surface area contributed by atoms with Crippen molar-refractivity contribution in [1.82, 2.24) is 14.5 Å². The third kappa shape index (κ3) is 3.40. The number of carboxylic acid groups (broad SMARTS) is 1. The summed E-state index contributed by atoms with van der Waals surface area (Å²) in [6.07, 6.45) is 2.40. The van der Waals surface area contributed by atoms with Crippen molar-refractivity contribution in [3.05, 3.63) is 39.9 Å². The minimum atomic E-state index is -1.08. The van der Waals surface area contributed by atoms with Crippen LogP contribution in [0.5, 0.6) is 0 Å². The molecule has 1 amide bonds. The Kier molecular flexibility index (Phi) is 4.89. The van der Waals surface area contributed by atoms with Crippen molar-refractivity contribution < 1.29 is 19.4 Å². The largest absolute Gasteiger partial charge is 0.479 e. The highest BCUT2D eigenvalue weighted by Gasteiger charge is 2.33. The van der Waals surface area contributed by atoms with E-state index in [9.17, 15) is 19.5 Å². The highest BCUT2D eigenvalue weighted by molar-refractivity contribution is 5.98. The summed E-state index contributed by atoms with van der Waals surface area (Å²) in [5.74, 6) is -0.592. The summed E-state index contributed by atoms with van der Waals surface area (Å²) in [5.41, 5.74) is 0.850. The normalized spacial score (nSPS) is 22.5. The lowest BCUT2D eigenvalue weighted by molar-refractivity contribution is -0.160. The van der Waals surface area contributed by atoms with Gasteiger partial charge in [-0.25, -0.2) is 9.78 Å². The minimum Gasteiger partial charge on any atom is -0.479 e. The van der Waals surface area contributed by atoms with Crippen LogP contribution in [0.3, 0.4) is 0 Å². The zero-order valence-corrected chi connectivity index (χ0v) is 15.8. The molecule has 2 aliphatic rings. The summed E-state index contributed by atoms with van der Waals surface area (Å²) >= 11 is 0. The number of nitrogens with zero attached hydrogens (tertiary/aromatic N) is 3. The van der Waals surface area contributed by atoms with Crippen LogP contribution in [0.1, 0.15) is 42.4 Å². The second-order valence-electron chi connectivity index (χ2n) is 7.51. The number of carboxylic acids is 1. The van der Waals surface area contributed by atoms with Gasteiger partial charge in [-0.2, -0.15) is 0 Å². The van der Waals surface area contributed by atoms with Gasteiger partial charge in [0.1, 0.15) is 5.82 Å². The molecule has 8 heteroatoms. The van der Waals surface area contributed by atoms with Crippen LogP contribution in [0.2, 0.25) is 0 Å². The van der Waals surface area contributed by atoms with E-state index < -0.39 is 12.1 Å². The number of benzene rings is 1. The maximum absolute atomic E-state index is 13.0. The van der Waals surface area contributed by atoms with Gasteiger partial charge in [0.25, 0.3) is 11.5 Å². The Hall–Kier alpha value is -2.74. The number of carbonyl (C=O) groups is 2. The number of aliphatic carboxylic acids is 1. The van der Waals surface area contributed by atoms with Gasteiger partial charge in [0.15, 0.2) is 6.10 Å². The maximum atomic E-state index is 13.0. The van der Waals surface area contributed by atoms with Gasteiger partial charge in [-0.05, 0) is 38.0 Å². The Labute approximate surface area is 161 Å². The van der Waals surface area contributed by atoms with E-state index in [-0.39, 0.29) is 24.1 Å². The number of carbonyl (C=O) groups excluding carboxylic acids is 1. The number of morpholine rings is 1. The molecule has 3 heterocycles. The van der Waals surface area contributed by atoms with E-state index in [0.717, 1.165) is 31.5 Å². The Balaban J connectivity index is 1.68. The van der Waals surface area contributed by atoms with Crippen molar-refractivity contribution in [2.75, 3.05) is 13.1 Å². The summed E-state index contributed by atoms with van der Waals surface area (Å²) < 4.78 is 7.12. The number of hydrogen-bond donors (Lipinski definition) is 1. The summed E-state index contributed by atoms with van der Waals surface area (Å²) in [6.45, 7) is 2.74. The molecule has 1 aromatic carbocycles. The topological polar surface area (TPSA) is 102 Å². The fraction of sp³-hybridized carbons (Fsp3) is 0.500. The first-order chi connectivity index (χ1) is 13.4. The monoisotopic (exact) mass is 385 g/mol. The van der Waals surface area contributed by atoms with Gasteiger partial charge in [-0.3, -0.25) is 14.2 Å². The number of aryl methyl sites for hydroxylation is 1. The number of amides is 1. The molecular weight excluding hydrogens is 362 g/mol. The second kappa shape index (κ2) is 7.35. The van der Waals surface area contributed by atoms with E-state index in [4.69, 9.17) is 4.74 Å². The number of hydrogen-bond acceptors (Lipinski definition) is 5. The molecular formula is C20H23N3O5. The average Bonchev–Trinajstić information content (AvgIpc) is 2.92. The van der Waals surface area contributed by atoms with Gasteiger partial charge in [0, 0.05) is 25.1 Å². The molecule has 0 spiro atoms. The Morgan fingerprint density at radius 3 is 2.82 bits per heavy atom. The lowest BCUT2D eigenvalue weighted by atomic mass is 10.1. The van der Waals surface area contributed by atoms with Crippen molar-refractivity contribution in [2.24, 2.45) is 0 Å². The van der Waals surface area contributed by atoms with E-state index in [1.165, 1.54) is 4.90 Å². The van der Waals surface area contributed by atoms with E-state index >= 15 is 0 Å². The van der Waals surface area contributed by atoms with Gasteiger partial charge < -0.3 is 14.7 Å². The Bertz CT molecular complexity index is 999. The highest BCUT2D eigenvalue weighted by atomic mass is 16.5. The number of ether oxygens (including phenoxy) is 1. The molecule has 1 saturated heterocycles. The van der Waals surface area contributed by atoms with Crippen molar-refractivity contribution in [2.45, 2.75) is 51.4 Å². The predicted octanol–water partition coefficient (Wildman–Crippen LogP) is 1.44. The number of rotatable bonds is 2. The number of aromatic nitrogens is 2. The fourth-order valence-corrected chi connectivity index (χ4v) is 3.99. The molecule has 1 unspecified atom stereocenters. The molecule has 2 aromatic rings. The van der Waals surface area contributed by atoms with Crippen molar-refractivity contribution in [1.29, 1.82) is 0 Å². The van der Waals surface area contributed by atoms with Crippen molar-refractivity contribution in [3.63, 3.8) is 0 Å². The smallest absolute Gasteiger partial charge is 0.334 e. The quantitative estimate of drug-likeness (QED) is 0.839. The minimum absolute atomic E-state index is 0.00316. The third-order valence-electron chi connectivity index (χ3n) is 5.39. The molecule has 148 valence electrons. The van der Waals surface area contributed by atoms with Crippen LogP contribution >= 0.6 is 0 Å². The molecule has 0 radical (unpaired) electrons. The van der Waals surface area contributed by atoms with E-state index in [0.29, 0.717) is 29.6 Å². The van der Waals surface area contributed by atoms with Crippen LogP contribution in [-0.2, 0) is 22.5 Å². The molecule has 1 aromatic heterocycles. The Morgan fingerprint density at radius 1 is 1.21 bits per heavy atom. The van der Waals surface area contributed by atoms with Crippen LogP contribution in [0.15, 0.2) is 23.0 Å². The molecule has 0 bridgehead atoms. The first-order valence-electron chi connectivity index (χ1n) is 9.65. The second-order valence-corrected chi connectivity index (χ2v) is 7.51. The van der Waals surface area contributed by atoms with Crippen LogP contribution < -0.4 is 5.56 Å². The summed E-state index contributed by atoms with van der Waals surface area (Å²) in [6, 6.07) is 4.91. The maximum Gasteiger partial charge on any atom is 0.334 e. The molecule has 1 fully saturated rings. The predicted molar refractivity (Wildman–Crippen MR) is 101 cm³/mol. The van der Waals surface area contributed by atoms with E-state index in [1.54, 1.807) is 29.7 Å². The van der Waals surface area contributed by atoms with Gasteiger partial charge in [0.2, 0.25) is 0 Å². The highest BCUT2D eigenvalue weighted by Crippen LogP contribution is 2.19. The summed E-state index contributed by atoms with van der Waals surface area (Å²) in [7, 11) is 0.